The molecule has 2 N–H and O–H groups in total. The lowest BCUT2D eigenvalue weighted by atomic mass is 10.9. The van der Waals surface area contributed by atoms with Crippen molar-refractivity contribution in [1.82, 2.24) is 0 Å². The minimum absolute atomic E-state index is 0.417. The molecule has 0 aliphatic carbocycles. The first-order chi connectivity index (χ1) is 5.12. The highest BCUT2D eigenvalue weighted by Crippen LogP contribution is 2.38. The quantitative estimate of drug-likeness (QED) is 0.608. The third-order valence-corrected chi connectivity index (χ3v) is 1.60. The minimum Gasteiger partial charge on any atom is -0.282 e. The largest absolute Gasteiger partial charge is 0.404 e. The zero-order chi connectivity index (χ0) is 8.74. The molecule has 0 bridgehead atoms. The van der Waals surface area contributed by atoms with E-state index < -0.39 is 21.0 Å². The zero-order valence-corrected chi connectivity index (χ0v) is 6.45. The Labute approximate surface area is 63.7 Å². The molecule has 0 radical (unpaired) electrons. The molecule has 0 saturated carbocycles. The van der Waals surface area contributed by atoms with Gasteiger partial charge in [-0.05, 0) is 0 Å². The van der Waals surface area contributed by atoms with E-state index in [9.17, 15) is 4.57 Å². The Balaban J connectivity index is 3.75. The number of nitriles is 2. The summed E-state index contributed by atoms with van der Waals surface area (Å²) in [6, 6.07) is 3.13. The highest BCUT2D eigenvalue weighted by atomic mass is 31.2. The molecule has 0 aliphatic heterocycles. The van der Waals surface area contributed by atoms with Crippen LogP contribution in [0.1, 0.15) is 0 Å². The van der Waals surface area contributed by atoms with Crippen LogP contribution in [0.25, 0.3) is 0 Å². The van der Waals surface area contributed by atoms with Gasteiger partial charge in [0.15, 0.2) is 0 Å². The topological polar surface area (TPSA) is 109 Å². The van der Waals surface area contributed by atoms with Gasteiger partial charge in [0.2, 0.25) is 0 Å². The van der Waals surface area contributed by atoms with Gasteiger partial charge < -0.3 is 0 Å². The van der Waals surface area contributed by atoms with E-state index in [1.165, 1.54) is 0 Å². The van der Waals surface area contributed by atoms with E-state index in [1.807, 2.05) is 0 Å². The number of hydrogen-bond acceptors (Lipinski definition) is 5. The molecule has 0 fully saturated rings. The molecule has 7 heteroatoms. The number of nitrogens with zero attached hydrogens (tertiary/aromatic N) is 2. The first kappa shape index (κ1) is 10.1. The predicted molar refractivity (Wildman–Crippen MR) is 34.9 cm³/mol. The Morgan fingerprint density at radius 3 is 1.91 bits per heavy atom. The molecule has 0 spiro atoms. The van der Waals surface area contributed by atoms with Crippen molar-refractivity contribution in [1.29, 1.82) is 10.5 Å². The summed E-state index contributed by atoms with van der Waals surface area (Å²) >= 11 is 0. The fourth-order valence-corrected chi connectivity index (χ4v) is 0.825. The third-order valence-electron chi connectivity index (χ3n) is 0.618. The van der Waals surface area contributed by atoms with E-state index in [-0.39, 0.29) is 0 Å². The predicted octanol–water partition coefficient (Wildman–Crippen LogP) is 0.134. The average Bonchev–Trinajstić information content (AvgIpc) is 1.97. The summed E-state index contributed by atoms with van der Waals surface area (Å²) < 4.78 is 19.3. The molecule has 0 heterocycles. The summed E-state index contributed by atoms with van der Waals surface area (Å²) in [7, 11) is -3.67. The van der Waals surface area contributed by atoms with Crippen LogP contribution in [0.2, 0.25) is 0 Å². The first-order valence-electron chi connectivity index (χ1n) is 2.54. The zero-order valence-electron chi connectivity index (χ0n) is 5.56. The molecule has 11 heavy (non-hydrogen) atoms. The van der Waals surface area contributed by atoms with Crippen LogP contribution in [0.15, 0.2) is 0 Å². The van der Waals surface area contributed by atoms with Gasteiger partial charge in [-0.15, -0.1) is 0 Å². The van der Waals surface area contributed by atoms with Crippen molar-refractivity contribution < 1.29 is 13.6 Å². The van der Waals surface area contributed by atoms with Gasteiger partial charge in [-0.25, -0.2) is 10.1 Å². The first-order valence-corrected chi connectivity index (χ1v) is 4.15. The standard InChI is InChI=1S/C4H6N3O3P/c5-1-3-9-11(7,8)10-4-2-6/h3-4H2,(H2,7,8). The molecule has 0 rings (SSSR count). The average molecular weight is 175 g/mol. The summed E-state index contributed by atoms with van der Waals surface area (Å²) in [6.07, 6.45) is 0. The molecule has 0 aromatic rings. The van der Waals surface area contributed by atoms with Gasteiger partial charge >= 0.3 is 7.75 Å². The van der Waals surface area contributed by atoms with Gasteiger partial charge in [0.25, 0.3) is 0 Å². The molecule has 0 amide bonds. The number of nitrogens with two attached hydrogens (primary N) is 1. The molecule has 0 aliphatic rings. The third kappa shape index (κ3) is 5.53. The van der Waals surface area contributed by atoms with Crippen molar-refractivity contribution in [3.63, 3.8) is 0 Å². The maximum Gasteiger partial charge on any atom is 0.404 e. The highest BCUT2D eigenvalue weighted by Gasteiger charge is 2.16. The van der Waals surface area contributed by atoms with Gasteiger partial charge in [-0.3, -0.25) is 9.05 Å². The lowest BCUT2D eigenvalue weighted by Crippen LogP contribution is -2.04. The lowest BCUT2D eigenvalue weighted by Gasteiger charge is -2.07. The second-order valence-electron chi connectivity index (χ2n) is 1.40. The molecule has 0 unspecified atom stereocenters. The molecule has 60 valence electrons. The van der Waals surface area contributed by atoms with Crippen molar-refractivity contribution in [3.05, 3.63) is 0 Å². The van der Waals surface area contributed by atoms with Crippen LogP contribution in [0.3, 0.4) is 0 Å². The molecule has 0 saturated heterocycles. The number of hydrogen-bond donors (Lipinski definition) is 1. The molecular formula is C4H6N3O3P. The van der Waals surface area contributed by atoms with Crippen molar-refractivity contribution >= 4 is 7.75 Å². The van der Waals surface area contributed by atoms with Crippen molar-refractivity contribution in [2.45, 2.75) is 0 Å². The maximum atomic E-state index is 10.8. The lowest BCUT2D eigenvalue weighted by molar-refractivity contribution is 0.241. The van der Waals surface area contributed by atoms with Crippen LogP contribution >= 0.6 is 7.75 Å². The van der Waals surface area contributed by atoms with Crippen LogP contribution in [-0.4, -0.2) is 13.2 Å². The maximum absolute atomic E-state index is 10.8. The summed E-state index contributed by atoms with van der Waals surface area (Å²) in [6.45, 7) is -0.835. The van der Waals surface area contributed by atoms with Crippen LogP contribution in [0.4, 0.5) is 0 Å². The van der Waals surface area contributed by atoms with E-state index >= 15 is 0 Å². The Kier molecular flexibility index (Phi) is 4.44. The van der Waals surface area contributed by atoms with E-state index in [4.69, 9.17) is 16.0 Å². The van der Waals surface area contributed by atoms with Crippen LogP contribution < -0.4 is 5.50 Å². The molecular weight excluding hydrogens is 169 g/mol. The smallest absolute Gasteiger partial charge is 0.282 e. The monoisotopic (exact) mass is 175 g/mol. The van der Waals surface area contributed by atoms with Gasteiger partial charge in [-0.1, -0.05) is 0 Å². The molecule has 0 aromatic heterocycles. The van der Waals surface area contributed by atoms with E-state index in [0.717, 1.165) is 0 Å². The molecule has 6 nitrogen and oxygen atoms in total. The SMILES string of the molecule is N#CCOP(N)(=O)OCC#N. The summed E-state index contributed by atoms with van der Waals surface area (Å²) in [5.41, 5.74) is 4.90. The fourth-order valence-electron chi connectivity index (χ4n) is 0.275. The van der Waals surface area contributed by atoms with Crippen LogP contribution in [0.5, 0.6) is 0 Å². The molecule has 0 aromatic carbocycles. The van der Waals surface area contributed by atoms with Crippen LogP contribution in [0, 0.1) is 22.7 Å². The summed E-state index contributed by atoms with van der Waals surface area (Å²) in [5, 5.41) is 16.0. The number of rotatable bonds is 4. The van der Waals surface area contributed by atoms with Gasteiger partial charge in [0.1, 0.15) is 13.2 Å². The highest BCUT2D eigenvalue weighted by molar-refractivity contribution is 7.51. The Morgan fingerprint density at radius 2 is 1.64 bits per heavy atom. The minimum atomic E-state index is -3.67. The van der Waals surface area contributed by atoms with Crippen molar-refractivity contribution in [3.8, 4) is 12.1 Å². The second-order valence-corrected chi connectivity index (χ2v) is 3.00. The van der Waals surface area contributed by atoms with Gasteiger partial charge in [0, 0.05) is 0 Å². The Hall–Kier alpha value is -0.910. The van der Waals surface area contributed by atoms with Gasteiger partial charge in [0.05, 0.1) is 12.1 Å². The van der Waals surface area contributed by atoms with E-state index in [2.05, 4.69) is 9.05 Å². The fraction of sp³-hybridized carbons (Fsp3) is 0.500. The van der Waals surface area contributed by atoms with E-state index in [1.54, 1.807) is 12.1 Å². The summed E-state index contributed by atoms with van der Waals surface area (Å²) in [5.74, 6) is 0. The van der Waals surface area contributed by atoms with Crippen molar-refractivity contribution in [2.75, 3.05) is 13.2 Å². The molecule has 0 atom stereocenters. The summed E-state index contributed by atoms with van der Waals surface area (Å²) in [4.78, 5) is 0. The normalized spacial score (nSPS) is 10.1. The Bertz CT molecular complexity index is 218. The van der Waals surface area contributed by atoms with E-state index in [0.29, 0.717) is 0 Å². The second kappa shape index (κ2) is 4.84. The van der Waals surface area contributed by atoms with Crippen LogP contribution in [-0.2, 0) is 13.6 Å². The van der Waals surface area contributed by atoms with Gasteiger partial charge in [-0.2, -0.15) is 10.5 Å². The van der Waals surface area contributed by atoms with Crippen molar-refractivity contribution in [2.24, 2.45) is 5.50 Å². The Morgan fingerprint density at radius 1 is 1.27 bits per heavy atom.